The van der Waals surface area contributed by atoms with Crippen molar-refractivity contribution >= 4 is 34.9 Å². The van der Waals surface area contributed by atoms with E-state index >= 15 is 0 Å². The number of carbonyl (C=O) groups excluding carboxylic acids is 2. The molecule has 3 aliphatic heterocycles. The molecule has 0 radical (unpaired) electrons. The summed E-state index contributed by atoms with van der Waals surface area (Å²) in [5.74, 6) is -0.271. The molecule has 3 fully saturated rings. The highest BCUT2D eigenvalue weighted by molar-refractivity contribution is 6.30. The summed E-state index contributed by atoms with van der Waals surface area (Å²) in [4.78, 5) is 34.2. The fourth-order valence-electron chi connectivity index (χ4n) is 7.60. The first-order valence-corrected chi connectivity index (χ1v) is 17.2. The van der Waals surface area contributed by atoms with Gasteiger partial charge in [0.25, 0.3) is 0 Å². The standard InChI is InChI=1S/C37H49ClN4O4/c1-6-45-34(43)27-9-13-30(14-10-27)40-19-17-39(18-20-40)22-28-21-37(5,16-15-31(28)26-7-11-29(38)12-8-26)25-41-23-33-32(41)24-42(33)35(44)46-36(2,3)4/h7-14,32-33H,6,15-25H2,1-5H3/t32-,33?,37?/m0/s1. The van der Waals surface area contributed by atoms with Crippen LogP contribution in [-0.4, -0.2) is 103 Å². The zero-order valence-electron chi connectivity index (χ0n) is 28.1. The van der Waals surface area contributed by atoms with Gasteiger partial charge in [-0.1, -0.05) is 36.2 Å². The van der Waals surface area contributed by atoms with E-state index in [2.05, 4.69) is 33.8 Å². The lowest BCUT2D eigenvalue weighted by atomic mass is 9.70. The first-order valence-electron chi connectivity index (χ1n) is 16.9. The number of halogens is 1. The number of anilines is 1. The third kappa shape index (κ3) is 7.24. The molecule has 0 saturated carbocycles. The Kier molecular flexibility index (Phi) is 9.43. The number of esters is 1. The van der Waals surface area contributed by atoms with Crippen molar-refractivity contribution in [1.82, 2.24) is 14.7 Å². The van der Waals surface area contributed by atoms with E-state index in [-0.39, 0.29) is 17.5 Å². The summed E-state index contributed by atoms with van der Waals surface area (Å²) < 4.78 is 10.8. The van der Waals surface area contributed by atoms with Crippen LogP contribution in [0.2, 0.25) is 5.02 Å². The second kappa shape index (κ2) is 13.2. The quantitative estimate of drug-likeness (QED) is 0.300. The molecular weight excluding hydrogens is 600 g/mol. The van der Waals surface area contributed by atoms with Gasteiger partial charge in [-0.3, -0.25) is 9.80 Å². The Bertz CT molecular complexity index is 1450. The monoisotopic (exact) mass is 648 g/mol. The molecule has 2 unspecified atom stereocenters. The number of allylic oxidation sites excluding steroid dienone is 1. The molecule has 0 aromatic heterocycles. The minimum Gasteiger partial charge on any atom is -0.462 e. The molecule has 3 heterocycles. The van der Waals surface area contributed by atoms with Gasteiger partial charge >= 0.3 is 12.1 Å². The summed E-state index contributed by atoms with van der Waals surface area (Å²) >= 11 is 6.27. The van der Waals surface area contributed by atoms with Crippen molar-refractivity contribution < 1.29 is 19.1 Å². The van der Waals surface area contributed by atoms with E-state index in [0.29, 0.717) is 24.3 Å². The SMILES string of the molecule is CCOC(=O)c1ccc(N2CCN(CC3=C(c4ccc(Cl)cc4)CCC(C)(CN4CC5[C@@H]4CN5C(=O)OC(C)(C)C)C3)CC2)cc1. The predicted molar refractivity (Wildman–Crippen MR) is 183 cm³/mol. The van der Waals surface area contributed by atoms with Crippen LogP contribution in [0, 0.1) is 5.41 Å². The molecule has 2 aromatic carbocycles. The highest BCUT2D eigenvalue weighted by Gasteiger charge is 2.55. The van der Waals surface area contributed by atoms with Gasteiger partial charge in [0.15, 0.2) is 0 Å². The Hall–Kier alpha value is -3.07. The highest BCUT2D eigenvalue weighted by atomic mass is 35.5. The van der Waals surface area contributed by atoms with E-state index in [1.807, 2.05) is 69.0 Å². The molecule has 2 aromatic rings. The van der Waals surface area contributed by atoms with E-state index in [1.165, 1.54) is 11.1 Å². The van der Waals surface area contributed by atoms with Crippen LogP contribution in [0.5, 0.6) is 0 Å². The maximum atomic E-state index is 12.6. The van der Waals surface area contributed by atoms with Gasteiger partial charge in [-0.15, -0.1) is 0 Å². The van der Waals surface area contributed by atoms with Crippen molar-refractivity contribution in [3.63, 3.8) is 0 Å². The summed E-state index contributed by atoms with van der Waals surface area (Å²) in [6.07, 6.45) is 3.10. The van der Waals surface area contributed by atoms with Crippen LogP contribution in [0.25, 0.3) is 5.57 Å². The lowest BCUT2D eigenvalue weighted by molar-refractivity contribution is -0.131. The Morgan fingerprint density at radius 1 is 0.957 bits per heavy atom. The third-order valence-electron chi connectivity index (χ3n) is 10.1. The van der Waals surface area contributed by atoms with E-state index in [1.54, 1.807) is 5.57 Å². The molecule has 46 heavy (non-hydrogen) atoms. The smallest absolute Gasteiger partial charge is 0.410 e. The van der Waals surface area contributed by atoms with Gasteiger partial charge < -0.3 is 19.3 Å². The van der Waals surface area contributed by atoms with Crippen molar-refractivity contribution in [2.45, 2.75) is 71.6 Å². The second-order valence-electron chi connectivity index (χ2n) is 14.8. The van der Waals surface area contributed by atoms with Gasteiger partial charge in [-0.2, -0.15) is 0 Å². The Labute approximate surface area is 279 Å². The average molecular weight is 649 g/mol. The normalized spacial score (nSPS) is 25.4. The first-order chi connectivity index (χ1) is 21.9. The van der Waals surface area contributed by atoms with E-state index < -0.39 is 5.60 Å². The maximum Gasteiger partial charge on any atom is 0.410 e. The molecule has 3 atom stereocenters. The Balaban J connectivity index is 1.09. The zero-order chi connectivity index (χ0) is 32.6. The van der Waals surface area contributed by atoms with E-state index in [4.69, 9.17) is 21.1 Å². The number of hydrogen-bond donors (Lipinski definition) is 0. The summed E-state index contributed by atoms with van der Waals surface area (Å²) in [6, 6.07) is 16.9. The molecule has 1 amide bonds. The molecule has 3 saturated heterocycles. The Morgan fingerprint density at radius 3 is 2.26 bits per heavy atom. The molecule has 6 rings (SSSR count). The van der Waals surface area contributed by atoms with Gasteiger partial charge in [-0.25, -0.2) is 9.59 Å². The predicted octanol–water partition coefficient (Wildman–Crippen LogP) is 6.59. The zero-order valence-corrected chi connectivity index (χ0v) is 28.8. The fourth-order valence-corrected chi connectivity index (χ4v) is 7.73. The van der Waals surface area contributed by atoms with Crippen molar-refractivity contribution in [2.24, 2.45) is 5.41 Å². The van der Waals surface area contributed by atoms with E-state index in [0.717, 1.165) is 82.3 Å². The molecule has 1 aliphatic carbocycles. The summed E-state index contributed by atoms with van der Waals surface area (Å²) in [5, 5.41) is 0.770. The second-order valence-corrected chi connectivity index (χ2v) is 15.2. The number of ether oxygens (including phenoxy) is 2. The molecule has 0 N–H and O–H groups in total. The number of hydrogen-bond acceptors (Lipinski definition) is 7. The number of carbonyl (C=O) groups is 2. The van der Waals surface area contributed by atoms with Crippen LogP contribution in [0.3, 0.4) is 0 Å². The average Bonchev–Trinajstić information content (AvgIpc) is 3.00. The molecule has 9 heteroatoms. The fraction of sp³-hybridized carbons (Fsp3) is 0.568. The molecule has 8 nitrogen and oxygen atoms in total. The van der Waals surface area contributed by atoms with Crippen molar-refractivity contribution in [1.29, 1.82) is 0 Å². The third-order valence-corrected chi connectivity index (χ3v) is 10.4. The lowest BCUT2D eigenvalue weighted by Gasteiger charge is -2.63. The number of benzene rings is 2. The van der Waals surface area contributed by atoms with Crippen molar-refractivity contribution in [2.75, 3.05) is 63.9 Å². The topological polar surface area (TPSA) is 65.6 Å². The number of amides is 1. The number of likely N-dealkylation sites (tertiary alicyclic amines) is 2. The van der Waals surface area contributed by atoms with Crippen LogP contribution in [0.15, 0.2) is 54.1 Å². The summed E-state index contributed by atoms with van der Waals surface area (Å²) in [6.45, 7) is 18.1. The summed E-state index contributed by atoms with van der Waals surface area (Å²) in [7, 11) is 0. The minimum absolute atomic E-state index is 0.177. The number of rotatable bonds is 8. The highest BCUT2D eigenvalue weighted by Crippen LogP contribution is 2.46. The maximum absolute atomic E-state index is 12.6. The molecule has 248 valence electrons. The van der Waals surface area contributed by atoms with Crippen molar-refractivity contribution in [3.05, 3.63) is 70.3 Å². The van der Waals surface area contributed by atoms with Gasteiger partial charge in [0.1, 0.15) is 5.60 Å². The number of piperazine rings is 2. The van der Waals surface area contributed by atoms with Gasteiger partial charge in [0.2, 0.25) is 0 Å². The van der Waals surface area contributed by atoms with Crippen LogP contribution >= 0.6 is 11.6 Å². The van der Waals surface area contributed by atoms with Gasteiger partial charge in [0, 0.05) is 69.1 Å². The molecular formula is C37H49ClN4O4. The molecule has 4 aliphatic rings. The number of nitrogens with zero attached hydrogens (tertiary/aromatic N) is 4. The van der Waals surface area contributed by atoms with E-state index in [9.17, 15) is 9.59 Å². The van der Waals surface area contributed by atoms with Crippen LogP contribution in [0.4, 0.5) is 10.5 Å². The molecule has 0 bridgehead atoms. The van der Waals surface area contributed by atoms with Crippen LogP contribution < -0.4 is 4.90 Å². The van der Waals surface area contributed by atoms with Gasteiger partial charge in [0.05, 0.1) is 18.2 Å². The molecule has 0 spiro atoms. The Morgan fingerprint density at radius 2 is 1.65 bits per heavy atom. The lowest BCUT2D eigenvalue weighted by Crippen LogP contribution is -2.80. The first kappa shape index (κ1) is 32.9. The van der Waals surface area contributed by atoms with Crippen LogP contribution in [0.1, 0.15) is 69.8 Å². The largest absolute Gasteiger partial charge is 0.462 e. The number of fused-ring (bicyclic) bond motifs is 1. The minimum atomic E-state index is -0.463. The summed E-state index contributed by atoms with van der Waals surface area (Å²) in [5.41, 5.74) is 5.78. The van der Waals surface area contributed by atoms with Gasteiger partial charge in [-0.05, 0) is 99.9 Å². The van der Waals surface area contributed by atoms with Crippen LogP contribution in [-0.2, 0) is 9.47 Å². The van der Waals surface area contributed by atoms with Crippen molar-refractivity contribution in [3.8, 4) is 0 Å².